The van der Waals surface area contributed by atoms with Gasteiger partial charge in [-0.2, -0.15) is 0 Å². The van der Waals surface area contributed by atoms with Crippen molar-refractivity contribution in [2.75, 3.05) is 5.73 Å². The Morgan fingerprint density at radius 2 is 2.07 bits per heavy atom. The van der Waals surface area contributed by atoms with Crippen LogP contribution < -0.4 is 5.73 Å². The van der Waals surface area contributed by atoms with E-state index in [-0.39, 0.29) is 0 Å². The summed E-state index contributed by atoms with van der Waals surface area (Å²) in [7, 11) is 0. The number of nitrogen functional groups attached to an aromatic ring is 1. The molecule has 0 saturated heterocycles. The molecule has 1 aromatic heterocycles. The lowest BCUT2D eigenvalue weighted by Gasteiger charge is -2.02. The second-order valence-corrected chi connectivity index (χ2v) is 3.61. The zero-order chi connectivity index (χ0) is 10.1. The highest BCUT2D eigenvalue weighted by atomic mass is 35.5. The van der Waals surface area contributed by atoms with Crippen LogP contribution in [0.25, 0.3) is 11.1 Å². The van der Waals surface area contributed by atoms with E-state index in [1.165, 1.54) is 0 Å². The third-order valence-electron chi connectivity index (χ3n) is 2.17. The molecule has 0 aliphatic carbocycles. The van der Waals surface area contributed by atoms with Gasteiger partial charge in [0.25, 0.3) is 0 Å². The molecule has 0 radical (unpaired) electrons. The Balaban J connectivity index is 2.53. The van der Waals surface area contributed by atoms with E-state index in [2.05, 4.69) is 0 Å². The van der Waals surface area contributed by atoms with Crippen molar-refractivity contribution < 1.29 is 4.42 Å². The van der Waals surface area contributed by atoms with Crippen LogP contribution in [0.3, 0.4) is 0 Å². The quantitative estimate of drug-likeness (QED) is 0.727. The predicted octanol–water partition coefficient (Wildman–Crippen LogP) is 3.49. The topological polar surface area (TPSA) is 39.2 Å². The van der Waals surface area contributed by atoms with Gasteiger partial charge in [0.15, 0.2) is 0 Å². The van der Waals surface area contributed by atoms with Crippen LogP contribution in [0, 0.1) is 6.92 Å². The molecule has 2 rings (SSSR count). The summed E-state index contributed by atoms with van der Waals surface area (Å²) < 4.78 is 5.10. The molecule has 3 heteroatoms. The van der Waals surface area contributed by atoms with Gasteiger partial charge < -0.3 is 10.2 Å². The molecule has 0 saturated carbocycles. The number of hydrogen-bond acceptors (Lipinski definition) is 2. The van der Waals surface area contributed by atoms with Gasteiger partial charge in [-0.05, 0) is 30.2 Å². The van der Waals surface area contributed by atoms with E-state index in [9.17, 15) is 0 Å². The van der Waals surface area contributed by atoms with Gasteiger partial charge in [0, 0.05) is 5.56 Å². The first kappa shape index (κ1) is 9.16. The summed E-state index contributed by atoms with van der Waals surface area (Å²) in [5.74, 6) is 0. The van der Waals surface area contributed by atoms with Crippen LogP contribution >= 0.6 is 11.6 Å². The first-order valence-electron chi connectivity index (χ1n) is 4.26. The van der Waals surface area contributed by atoms with Gasteiger partial charge in [0.1, 0.15) is 0 Å². The molecular formula is C11H10ClNO. The van der Waals surface area contributed by atoms with Crippen LogP contribution in [0.5, 0.6) is 0 Å². The van der Waals surface area contributed by atoms with Crippen LogP contribution in [-0.4, -0.2) is 0 Å². The second kappa shape index (κ2) is 3.39. The second-order valence-electron chi connectivity index (χ2n) is 3.20. The van der Waals surface area contributed by atoms with E-state index in [0.29, 0.717) is 10.7 Å². The third-order valence-corrected chi connectivity index (χ3v) is 2.49. The molecule has 0 unspecified atom stereocenters. The monoisotopic (exact) mass is 207 g/mol. The molecule has 0 amide bonds. The summed E-state index contributed by atoms with van der Waals surface area (Å²) in [6.45, 7) is 1.99. The summed E-state index contributed by atoms with van der Waals surface area (Å²) in [5.41, 5.74) is 9.38. The molecule has 2 N–H and O–H groups in total. The minimum absolute atomic E-state index is 0.572. The van der Waals surface area contributed by atoms with Gasteiger partial charge >= 0.3 is 0 Å². The lowest BCUT2D eigenvalue weighted by molar-refractivity contribution is 0.566. The minimum atomic E-state index is 0.572. The number of rotatable bonds is 1. The highest BCUT2D eigenvalue weighted by Crippen LogP contribution is 2.29. The molecule has 0 spiro atoms. The lowest BCUT2D eigenvalue weighted by atomic mass is 10.1. The number of benzene rings is 1. The third kappa shape index (κ3) is 1.49. The summed E-state index contributed by atoms with van der Waals surface area (Å²) >= 11 is 5.93. The summed E-state index contributed by atoms with van der Waals surface area (Å²) in [5, 5.41) is 0.572. The fraction of sp³-hybridized carbons (Fsp3) is 0.0909. The number of hydrogen-bond donors (Lipinski definition) is 1. The molecule has 72 valence electrons. The van der Waals surface area contributed by atoms with Gasteiger partial charge in [0.2, 0.25) is 0 Å². The lowest BCUT2D eigenvalue weighted by Crippen LogP contribution is -1.86. The van der Waals surface area contributed by atoms with Crippen molar-refractivity contribution in [2.45, 2.75) is 6.92 Å². The average Bonchev–Trinajstić information content (AvgIpc) is 2.57. The Labute approximate surface area is 87.3 Å². The Morgan fingerprint density at radius 3 is 2.64 bits per heavy atom. The van der Waals surface area contributed by atoms with Gasteiger partial charge in [-0.15, -0.1) is 0 Å². The van der Waals surface area contributed by atoms with Crippen molar-refractivity contribution in [3.63, 3.8) is 0 Å². The first-order chi connectivity index (χ1) is 6.68. The normalized spacial score (nSPS) is 10.4. The van der Waals surface area contributed by atoms with Crippen molar-refractivity contribution in [2.24, 2.45) is 0 Å². The maximum absolute atomic E-state index is 5.93. The van der Waals surface area contributed by atoms with E-state index in [4.69, 9.17) is 21.8 Å². The van der Waals surface area contributed by atoms with E-state index >= 15 is 0 Å². The van der Waals surface area contributed by atoms with Crippen molar-refractivity contribution in [1.82, 2.24) is 0 Å². The Hall–Kier alpha value is -1.41. The van der Waals surface area contributed by atoms with E-state index in [1.807, 2.05) is 19.1 Å². The molecule has 0 aliphatic heterocycles. The number of aryl methyl sites for hydroxylation is 1. The van der Waals surface area contributed by atoms with Crippen molar-refractivity contribution >= 4 is 17.3 Å². The van der Waals surface area contributed by atoms with E-state index < -0.39 is 0 Å². The Bertz CT molecular complexity index is 462. The number of anilines is 1. The zero-order valence-corrected chi connectivity index (χ0v) is 8.51. The standard InChI is InChI=1S/C11H10ClNO/c1-7-5-14-6-9(7)8-2-3-11(13)10(12)4-8/h2-6H,13H2,1H3. The van der Waals surface area contributed by atoms with Crippen LogP contribution in [0.2, 0.25) is 5.02 Å². The van der Waals surface area contributed by atoms with Crippen LogP contribution in [0.15, 0.2) is 35.1 Å². The number of nitrogens with two attached hydrogens (primary N) is 1. The van der Waals surface area contributed by atoms with Crippen molar-refractivity contribution in [3.8, 4) is 11.1 Å². The Kier molecular flexibility index (Phi) is 2.22. The highest BCUT2D eigenvalue weighted by molar-refractivity contribution is 6.33. The van der Waals surface area contributed by atoms with Crippen LogP contribution in [-0.2, 0) is 0 Å². The van der Waals surface area contributed by atoms with Crippen molar-refractivity contribution in [1.29, 1.82) is 0 Å². The van der Waals surface area contributed by atoms with Crippen LogP contribution in [0.4, 0.5) is 5.69 Å². The molecule has 0 aliphatic rings. The molecule has 14 heavy (non-hydrogen) atoms. The average molecular weight is 208 g/mol. The molecule has 0 bridgehead atoms. The fourth-order valence-corrected chi connectivity index (χ4v) is 1.53. The maximum atomic E-state index is 5.93. The summed E-state index contributed by atoms with van der Waals surface area (Å²) in [4.78, 5) is 0. The number of halogens is 1. The Morgan fingerprint density at radius 1 is 1.29 bits per heavy atom. The highest BCUT2D eigenvalue weighted by Gasteiger charge is 2.05. The summed E-state index contributed by atoms with van der Waals surface area (Å²) in [6.07, 6.45) is 3.41. The summed E-state index contributed by atoms with van der Waals surface area (Å²) in [6, 6.07) is 5.57. The molecular weight excluding hydrogens is 198 g/mol. The number of furan rings is 1. The zero-order valence-electron chi connectivity index (χ0n) is 7.75. The predicted molar refractivity (Wildman–Crippen MR) is 58.3 cm³/mol. The molecule has 2 nitrogen and oxygen atoms in total. The fourth-order valence-electron chi connectivity index (χ4n) is 1.35. The van der Waals surface area contributed by atoms with Gasteiger partial charge in [-0.1, -0.05) is 17.7 Å². The largest absolute Gasteiger partial charge is 0.472 e. The molecule has 0 fully saturated rings. The van der Waals surface area contributed by atoms with Gasteiger partial charge in [-0.25, -0.2) is 0 Å². The van der Waals surface area contributed by atoms with Crippen LogP contribution in [0.1, 0.15) is 5.56 Å². The van der Waals surface area contributed by atoms with Gasteiger partial charge in [-0.3, -0.25) is 0 Å². The van der Waals surface area contributed by atoms with E-state index in [1.54, 1.807) is 18.6 Å². The molecule has 0 atom stereocenters. The smallest absolute Gasteiger partial charge is 0.0983 e. The SMILES string of the molecule is Cc1cocc1-c1ccc(N)c(Cl)c1. The molecule has 2 aromatic rings. The molecule has 1 heterocycles. The van der Waals surface area contributed by atoms with E-state index in [0.717, 1.165) is 16.7 Å². The van der Waals surface area contributed by atoms with Crippen molar-refractivity contribution in [3.05, 3.63) is 41.3 Å². The minimum Gasteiger partial charge on any atom is -0.472 e. The first-order valence-corrected chi connectivity index (χ1v) is 4.64. The molecule has 1 aromatic carbocycles. The maximum Gasteiger partial charge on any atom is 0.0983 e. The van der Waals surface area contributed by atoms with Gasteiger partial charge in [0.05, 0.1) is 23.2 Å².